The van der Waals surface area contributed by atoms with Gasteiger partial charge in [-0.2, -0.15) is 9.97 Å². The van der Waals surface area contributed by atoms with E-state index < -0.39 is 0 Å². The molecule has 0 spiro atoms. The summed E-state index contributed by atoms with van der Waals surface area (Å²) in [7, 11) is 3.89. The van der Waals surface area contributed by atoms with Crippen LogP contribution in [0.3, 0.4) is 0 Å². The normalized spacial score (nSPS) is 10.6. The van der Waals surface area contributed by atoms with Crippen LogP contribution in [0.5, 0.6) is 0 Å². The molecule has 2 N–H and O–H groups in total. The number of aromatic nitrogens is 4. The van der Waals surface area contributed by atoms with Crippen molar-refractivity contribution in [2.24, 2.45) is 0 Å². The first kappa shape index (κ1) is 9.70. The first-order chi connectivity index (χ1) is 7.22. The molecule has 0 fully saturated rings. The second-order valence-corrected chi connectivity index (χ2v) is 3.40. The monoisotopic (exact) mass is 206 g/mol. The van der Waals surface area contributed by atoms with E-state index in [0.29, 0.717) is 11.6 Å². The maximum Gasteiger partial charge on any atom is 0.226 e. The maximum absolute atomic E-state index is 4.39. The third-order valence-corrected chi connectivity index (χ3v) is 2.03. The predicted molar refractivity (Wildman–Crippen MR) is 60.2 cm³/mol. The fourth-order valence-electron chi connectivity index (χ4n) is 1.38. The molecule has 0 saturated heterocycles. The Hall–Kier alpha value is -1.85. The molecule has 80 valence electrons. The number of aromatic amines is 1. The molecule has 0 unspecified atom stereocenters. The van der Waals surface area contributed by atoms with Crippen molar-refractivity contribution in [3.05, 3.63) is 6.33 Å². The predicted octanol–water partition coefficient (Wildman–Crippen LogP) is 0.851. The van der Waals surface area contributed by atoms with Crippen LogP contribution in [0.4, 0.5) is 11.8 Å². The number of nitrogens with zero attached hydrogens (tertiary/aromatic N) is 4. The second kappa shape index (κ2) is 3.72. The summed E-state index contributed by atoms with van der Waals surface area (Å²) in [4.78, 5) is 17.8. The Morgan fingerprint density at radius 1 is 1.40 bits per heavy atom. The Labute approximate surface area is 87.8 Å². The Morgan fingerprint density at radius 2 is 2.20 bits per heavy atom. The zero-order valence-corrected chi connectivity index (χ0v) is 9.07. The van der Waals surface area contributed by atoms with Crippen LogP contribution in [0.1, 0.15) is 6.92 Å². The number of nitrogens with one attached hydrogen (secondary N) is 2. The minimum Gasteiger partial charge on any atom is -0.361 e. The van der Waals surface area contributed by atoms with Gasteiger partial charge in [0.15, 0.2) is 11.5 Å². The zero-order chi connectivity index (χ0) is 10.8. The van der Waals surface area contributed by atoms with Crippen LogP contribution in [0.25, 0.3) is 11.2 Å². The molecule has 6 heteroatoms. The summed E-state index contributed by atoms with van der Waals surface area (Å²) >= 11 is 0. The van der Waals surface area contributed by atoms with Gasteiger partial charge in [-0.05, 0) is 6.92 Å². The molecule has 15 heavy (non-hydrogen) atoms. The van der Waals surface area contributed by atoms with Crippen LogP contribution in [0.2, 0.25) is 0 Å². The molecule has 0 aliphatic carbocycles. The topological polar surface area (TPSA) is 69.7 Å². The number of rotatable bonds is 3. The molecule has 0 bridgehead atoms. The van der Waals surface area contributed by atoms with Crippen molar-refractivity contribution < 1.29 is 0 Å². The average Bonchev–Trinajstić information content (AvgIpc) is 2.64. The van der Waals surface area contributed by atoms with E-state index in [-0.39, 0.29) is 0 Å². The molecule has 0 aromatic carbocycles. The first-order valence-electron chi connectivity index (χ1n) is 4.84. The van der Waals surface area contributed by atoms with Crippen molar-refractivity contribution in [2.45, 2.75) is 6.92 Å². The van der Waals surface area contributed by atoms with E-state index in [0.717, 1.165) is 17.9 Å². The van der Waals surface area contributed by atoms with Crippen molar-refractivity contribution in [3.8, 4) is 0 Å². The van der Waals surface area contributed by atoms with Crippen LogP contribution in [-0.2, 0) is 0 Å². The summed E-state index contributed by atoms with van der Waals surface area (Å²) in [5, 5.41) is 3.08. The summed E-state index contributed by atoms with van der Waals surface area (Å²) in [6.45, 7) is 2.80. The molecule has 2 heterocycles. The van der Waals surface area contributed by atoms with Gasteiger partial charge < -0.3 is 15.2 Å². The molecule has 2 aromatic heterocycles. The lowest BCUT2D eigenvalue weighted by atomic mass is 10.4. The summed E-state index contributed by atoms with van der Waals surface area (Å²) in [6, 6.07) is 0. The van der Waals surface area contributed by atoms with E-state index >= 15 is 0 Å². The fraction of sp³-hybridized carbons (Fsp3) is 0.444. The lowest BCUT2D eigenvalue weighted by Gasteiger charge is -2.12. The lowest BCUT2D eigenvalue weighted by Crippen LogP contribution is -2.13. The van der Waals surface area contributed by atoms with Gasteiger partial charge in [-0.15, -0.1) is 0 Å². The van der Waals surface area contributed by atoms with Crippen LogP contribution >= 0.6 is 0 Å². The minimum absolute atomic E-state index is 0.612. The number of anilines is 2. The first-order valence-corrected chi connectivity index (χ1v) is 4.84. The van der Waals surface area contributed by atoms with Crippen molar-refractivity contribution in [2.75, 3.05) is 30.9 Å². The molecule has 0 radical (unpaired) electrons. The summed E-state index contributed by atoms with van der Waals surface area (Å²) < 4.78 is 0. The third kappa shape index (κ3) is 1.70. The molecular weight excluding hydrogens is 192 g/mol. The van der Waals surface area contributed by atoms with Gasteiger partial charge in [-0.3, -0.25) is 0 Å². The van der Waals surface area contributed by atoms with Crippen molar-refractivity contribution >= 4 is 22.9 Å². The Balaban J connectivity index is 2.58. The Kier molecular flexibility index (Phi) is 2.40. The summed E-state index contributed by atoms with van der Waals surface area (Å²) in [5.41, 5.74) is 1.55. The molecule has 0 aliphatic heterocycles. The minimum atomic E-state index is 0.612. The van der Waals surface area contributed by atoms with E-state index in [1.54, 1.807) is 6.33 Å². The van der Waals surface area contributed by atoms with Gasteiger partial charge in [0.2, 0.25) is 5.95 Å². The Morgan fingerprint density at radius 3 is 2.87 bits per heavy atom. The van der Waals surface area contributed by atoms with Gasteiger partial charge in [-0.1, -0.05) is 0 Å². The standard InChI is InChI=1S/C9H14N6/c1-4-10-9-13-7-6(11-5-12-7)8(14-9)15(2)3/h5H,4H2,1-3H3,(H2,10,11,12,13,14). The molecule has 0 atom stereocenters. The van der Waals surface area contributed by atoms with Crippen LogP contribution in [0, 0.1) is 0 Å². The van der Waals surface area contributed by atoms with E-state index in [1.165, 1.54) is 0 Å². The summed E-state index contributed by atoms with van der Waals surface area (Å²) in [5.74, 6) is 1.45. The average molecular weight is 206 g/mol. The highest BCUT2D eigenvalue weighted by Gasteiger charge is 2.10. The van der Waals surface area contributed by atoms with Crippen LogP contribution in [0.15, 0.2) is 6.33 Å². The van der Waals surface area contributed by atoms with Gasteiger partial charge in [0.1, 0.15) is 5.52 Å². The van der Waals surface area contributed by atoms with Crippen molar-refractivity contribution in [3.63, 3.8) is 0 Å². The van der Waals surface area contributed by atoms with Crippen molar-refractivity contribution in [1.29, 1.82) is 0 Å². The number of fused-ring (bicyclic) bond motifs is 1. The van der Waals surface area contributed by atoms with E-state index in [2.05, 4.69) is 25.3 Å². The second-order valence-electron chi connectivity index (χ2n) is 3.40. The van der Waals surface area contributed by atoms with Gasteiger partial charge in [-0.25, -0.2) is 4.98 Å². The molecule has 2 aromatic rings. The molecular formula is C9H14N6. The van der Waals surface area contributed by atoms with Gasteiger partial charge in [0.05, 0.1) is 6.33 Å². The Bertz CT molecular complexity index is 461. The molecule has 2 rings (SSSR count). The zero-order valence-electron chi connectivity index (χ0n) is 9.07. The van der Waals surface area contributed by atoms with E-state index in [9.17, 15) is 0 Å². The van der Waals surface area contributed by atoms with E-state index in [4.69, 9.17) is 0 Å². The SMILES string of the molecule is CCNc1nc(N(C)C)c2[nH]cnc2n1. The maximum atomic E-state index is 4.39. The highest BCUT2D eigenvalue weighted by Crippen LogP contribution is 2.20. The quantitative estimate of drug-likeness (QED) is 0.779. The van der Waals surface area contributed by atoms with Crippen LogP contribution < -0.4 is 10.2 Å². The van der Waals surface area contributed by atoms with Gasteiger partial charge in [0, 0.05) is 20.6 Å². The largest absolute Gasteiger partial charge is 0.361 e. The van der Waals surface area contributed by atoms with Gasteiger partial charge >= 0.3 is 0 Å². The summed E-state index contributed by atoms with van der Waals surface area (Å²) in [6.07, 6.45) is 1.63. The highest BCUT2D eigenvalue weighted by molar-refractivity contribution is 5.83. The smallest absolute Gasteiger partial charge is 0.226 e. The lowest BCUT2D eigenvalue weighted by molar-refractivity contribution is 1.04. The number of hydrogen-bond acceptors (Lipinski definition) is 5. The molecule has 0 saturated carbocycles. The fourth-order valence-corrected chi connectivity index (χ4v) is 1.38. The molecule has 0 aliphatic rings. The molecule has 6 nitrogen and oxygen atoms in total. The number of hydrogen-bond donors (Lipinski definition) is 2. The molecule has 0 amide bonds. The van der Waals surface area contributed by atoms with Crippen LogP contribution in [-0.4, -0.2) is 40.6 Å². The number of H-pyrrole nitrogens is 1. The number of imidazole rings is 1. The van der Waals surface area contributed by atoms with E-state index in [1.807, 2.05) is 25.9 Å². The van der Waals surface area contributed by atoms with Gasteiger partial charge in [0.25, 0.3) is 0 Å². The highest BCUT2D eigenvalue weighted by atomic mass is 15.2. The third-order valence-electron chi connectivity index (χ3n) is 2.03. The van der Waals surface area contributed by atoms with Crippen molar-refractivity contribution in [1.82, 2.24) is 19.9 Å².